The molecule has 1 aromatic rings. The summed E-state index contributed by atoms with van der Waals surface area (Å²) in [6.45, 7) is 3.15. The molecular weight excluding hydrogens is 232 g/mol. The molecule has 3 atom stereocenters. The van der Waals surface area contributed by atoms with Crippen molar-refractivity contribution in [3.8, 4) is 11.5 Å². The van der Waals surface area contributed by atoms with E-state index in [1.165, 1.54) is 0 Å². The summed E-state index contributed by atoms with van der Waals surface area (Å²) in [5.41, 5.74) is 7.28. The molecule has 3 rings (SSSR count). The Labute approximate surface area is 105 Å². The van der Waals surface area contributed by atoms with Crippen molar-refractivity contribution in [2.45, 2.75) is 19.0 Å². The van der Waals surface area contributed by atoms with Gasteiger partial charge in [0.15, 0.2) is 11.5 Å². The van der Waals surface area contributed by atoms with E-state index in [-0.39, 0.29) is 18.0 Å². The number of fused-ring (bicyclic) bond motifs is 1. The molecule has 1 saturated heterocycles. The van der Waals surface area contributed by atoms with Crippen molar-refractivity contribution in [1.82, 2.24) is 10.9 Å². The van der Waals surface area contributed by atoms with Gasteiger partial charge in [-0.25, -0.2) is 5.43 Å². The predicted octanol–water partition coefficient (Wildman–Crippen LogP) is 0.810. The molecule has 2 heterocycles. The van der Waals surface area contributed by atoms with Crippen LogP contribution in [0.1, 0.15) is 18.5 Å². The van der Waals surface area contributed by atoms with E-state index in [1.54, 1.807) is 0 Å². The van der Waals surface area contributed by atoms with E-state index in [9.17, 15) is 4.79 Å². The van der Waals surface area contributed by atoms with E-state index >= 15 is 0 Å². The summed E-state index contributed by atoms with van der Waals surface area (Å²) in [6.07, 6.45) is 0.999. The molecule has 2 N–H and O–H groups in total. The number of benzene rings is 1. The summed E-state index contributed by atoms with van der Waals surface area (Å²) in [4.78, 5) is 11.2. The van der Waals surface area contributed by atoms with Crippen LogP contribution in [0.3, 0.4) is 0 Å². The Morgan fingerprint density at radius 2 is 2.00 bits per heavy atom. The second-order valence-corrected chi connectivity index (χ2v) is 4.67. The highest BCUT2D eigenvalue weighted by molar-refractivity contribution is 5.58. The van der Waals surface area contributed by atoms with Gasteiger partial charge < -0.3 is 14.3 Å². The third-order valence-corrected chi connectivity index (χ3v) is 3.51. The zero-order chi connectivity index (χ0) is 12.5. The zero-order valence-corrected chi connectivity index (χ0v) is 10.2. The minimum Gasteiger partial charge on any atom is -0.486 e. The highest BCUT2D eigenvalue weighted by Gasteiger charge is 2.34. The first kappa shape index (κ1) is 11.5. The monoisotopic (exact) mass is 248 g/mol. The number of hydrogen-bond acceptors (Lipinski definition) is 5. The van der Waals surface area contributed by atoms with Crippen LogP contribution in [-0.4, -0.2) is 25.5 Å². The first-order chi connectivity index (χ1) is 8.79. The van der Waals surface area contributed by atoms with Crippen molar-refractivity contribution < 1.29 is 14.3 Å². The molecule has 2 aliphatic heterocycles. The van der Waals surface area contributed by atoms with Crippen molar-refractivity contribution in [2.75, 3.05) is 13.2 Å². The Bertz CT molecular complexity index is 464. The Morgan fingerprint density at radius 1 is 1.22 bits per heavy atom. The maximum atomic E-state index is 11.2. The van der Waals surface area contributed by atoms with E-state index in [4.69, 9.17) is 9.47 Å². The zero-order valence-electron chi connectivity index (χ0n) is 10.2. The summed E-state index contributed by atoms with van der Waals surface area (Å²) in [5.74, 6) is 1.45. The molecule has 0 spiro atoms. The Kier molecular flexibility index (Phi) is 2.93. The van der Waals surface area contributed by atoms with Gasteiger partial charge in [0.1, 0.15) is 19.5 Å². The van der Waals surface area contributed by atoms with Crippen molar-refractivity contribution in [3.63, 3.8) is 0 Å². The average Bonchev–Trinajstić information content (AvgIpc) is 2.79. The SMILES string of the molecule is CC1NNC(c2ccc3c(c2)OCCO3)C1C=O. The largest absolute Gasteiger partial charge is 0.486 e. The molecule has 2 aliphatic rings. The predicted molar refractivity (Wildman–Crippen MR) is 65.5 cm³/mol. The van der Waals surface area contributed by atoms with Crippen LogP contribution in [0.15, 0.2) is 18.2 Å². The molecule has 0 aliphatic carbocycles. The molecule has 0 saturated carbocycles. The smallest absolute Gasteiger partial charge is 0.161 e. The number of hydrazine groups is 1. The molecule has 3 unspecified atom stereocenters. The molecular formula is C13H16N2O3. The van der Waals surface area contributed by atoms with Crippen LogP contribution in [0.2, 0.25) is 0 Å². The number of nitrogens with one attached hydrogen (secondary N) is 2. The third kappa shape index (κ3) is 1.85. The van der Waals surface area contributed by atoms with E-state index < -0.39 is 0 Å². The van der Waals surface area contributed by atoms with Crippen LogP contribution in [0, 0.1) is 5.92 Å². The number of hydrogen-bond donors (Lipinski definition) is 2. The lowest BCUT2D eigenvalue weighted by Crippen LogP contribution is -2.29. The number of carbonyl (C=O) groups is 1. The number of ether oxygens (including phenoxy) is 2. The van der Waals surface area contributed by atoms with E-state index in [0.29, 0.717) is 13.2 Å². The maximum absolute atomic E-state index is 11.2. The quantitative estimate of drug-likeness (QED) is 0.758. The van der Waals surface area contributed by atoms with Gasteiger partial charge >= 0.3 is 0 Å². The highest BCUT2D eigenvalue weighted by Crippen LogP contribution is 2.35. The van der Waals surface area contributed by atoms with Gasteiger partial charge in [0.05, 0.1) is 12.0 Å². The molecule has 1 fully saturated rings. The van der Waals surface area contributed by atoms with Crippen molar-refractivity contribution in [1.29, 1.82) is 0 Å². The summed E-state index contributed by atoms with van der Waals surface area (Å²) in [5, 5.41) is 0. The molecule has 5 heteroatoms. The van der Waals surface area contributed by atoms with Crippen LogP contribution in [0.5, 0.6) is 11.5 Å². The van der Waals surface area contributed by atoms with E-state index in [0.717, 1.165) is 23.3 Å². The van der Waals surface area contributed by atoms with E-state index in [2.05, 4.69) is 10.9 Å². The van der Waals surface area contributed by atoms with E-state index in [1.807, 2.05) is 25.1 Å². The first-order valence-electron chi connectivity index (χ1n) is 6.15. The van der Waals surface area contributed by atoms with Gasteiger partial charge in [-0.15, -0.1) is 0 Å². The molecule has 0 amide bonds. The third-order valence-electron chi connectivity index (χ3n) is 3.51. The highest BCUT2D eigenvalue weighted by atomic mass is 16.6. The van der Waals surface area contributed by atoms with Crippen LogP contribution in [-0.2, 0) is 4.79 Å². The fourth-order valence-electron chi connectivity index (χ4n) is 2.46. The lowest BCUT2D eigenvalue weighted by atomic mass is 9.91. The van der Waals surface area contributed by atoms with Crippen molar-refractivity contribution >= 4 is 6.29 Å². The second kappa shape index (κ2) is 4.59. The van der Waals surface area contributed by atoms with Crippen LogP contribution >= 0.6 is 0 Å². The minimum atomic E-state index is -0.0763. The number of rotatable bonds is 2. The summed E-state index contributed by atoms with van der Waals surface area (Å²) < 4.78 is 11.0. The lowest BCUT2D eigenvalue weighted by molar-refractivity contribution is -0.111. The molecule has 96 valence electrons. The second-order valence-electron chi connectivity index (χ2n) is 4.67. The lowest BCUT2D eigenvalue weighted by Gasteiger charge is -2.21. The fraction of sp³-hybridized carbons (Fsp3) is 0.462. The summed E-state index contributed by atoms with van der Waals surface area (Å²) in [6, 6.07) is 5.93. The normalized spacial score (nSPS) is 30.2. The first-order valence-corrected chi connectivity index (χ1v) is 6.15. The molecule has 0 radical (unpaired) electrons. The van der Waals surface area contributed by atoms with Crippen molar-refractivity contribution in [2.24, 2.45) is 5.92 Å². The summed E-state index contributed by atoms with van der Waals surface area (Å²) in [7, 11) is 0. The topological polar surface area (TPSA) is 59.6 Å². The molecule has 0 aromatic heterocycles. The number of carbonyl (C=O) groups excluding carboxylic acids is 1. The Balaban J connectivity index is 1.90. The van der Waals surface area contributed by atoms with Gasteiger partial charge in [0.2, 0.25) is 0 Å². The van der Waals surface area contributed by atoms with Crippen LogP contribution < -0.4 is 20.3 Å². The van der Waals surface area contributed by atoms with Gasteiger partial charge in [-0.05, 0) is 24.6 Å². The molecule has 18 heavy (non-hydrogen) atoms. The van der Waals surface area contributed by atoms with Gasteiger partial charge in [0, 0.05) is 6.04 Å². The molecule has 5 nitrogen and oxygen atoms in total. The number of aldehydes is 1. The molecule has 0 bridgehead atoms. The average molecular weight is 248 g/mol. The summed E-state index contributed by atoms with van der Waals surface area (Å²) >= 11 is 0. The Hall–Kier alpha value is -1.59. The van der Waals surface area contributed by atoms with Crippen molar-refractivity contribution in [3.05, 3.63) is 23.8 Å². The van der Waals surface area contributed by atoms with Gasteiger partial charge in [-0.2, -0.15) is 0 Å². The maximum Gasteiger partial charge on any atom is 0.161 e. The standard InChI is InChI=1S/C13H16N2O3/c1-8-10(7-16)13(15-14-8)9-2-3-11-12(6-9)18-5-4-17-11/h2-3,6-8,10,13-15H,4-5H2,1H3. The van der Waals surface area contributed by atoms with Crippen LogP contribution in [0.25, 0.3) is 0 Å². The minimum absolute atomic E-state index is 0.0201. The fourth-order valence-corrected chi connectivity index (χ4v) is 2.46. The van der Waals surface area contributed by atoms with Gasteiger partial charge in [0.25, 0.3) is 0 Å². The Morgan fingerprint density at radius 3 is 2.78 bits per heavy atom. The van der Waals surface area contributed by atoms with Gasteiger partial charge in [-0.1, -0.05) is 6.07 Å². The van der Waals surface area contributed by atoms with Gasteiger partial charge in [-0.3, -0.25) is 5.43 Å². The molecule has 1 aromatic carbocycles. The van der Waals surface area contributed by atoms with Crippen LogP contribution in [0.4, 0.5) is 0 Å².